The van der Waals surface area contributed by atoms with Gasteiger partial charge in [-0.25, -0.2) is 9.18 Å². The van der Waals surface area contributed by atoms with E-state index >= 15 is 0 Å². The van der Waals surface area contributed by atoms with Crippen molar-refractivity contribution >= 4 is 11.9 Å². The van der Waals surface area contributed by atoms with Gasteiger partial charge in [0.1, 0.15) is 5.82 Å². The Hall–Kier alpha value is -2.11. The predicted octanol–water partition coefficient (Wildman–Crippen LogP) is 3.27. The number of nitrogens with zero attached hydrogens (tertiary/aromatic N) is 1. The maximum absolute atomic E-state index is 13.7. The SMILES string of the molecule is CCCCNC(=O)[C@H]1CN(C(=O)NC(C)(C)C)C[C@H]1c1cccc(F)c1. The molecule has 2 rings (SSSR count). The van der Waals surface area contributed by atoms with Crippen molar-refractivity contribution < 1.29 is 14.0 Å². The molecule has 0 unspecified atom stereocenters. The zero-order chi connectivity index (χ0) is 19.3. The van der Waals surface area contributed by atoms with Crippen molar-refractivity contribution in [3.8, 4) is 0 Å². The predicted molar refractivity (Wildman–Crippen MR) is 100 cm³/mol. The van der Waals surface area contributed by atoms with E-state index < -0.39 is 0 Å². The summed E-state index contributed by atoms with van der Waals surface area (Å²) >= 11 is 0. The number of hydrogen-bond donors (Lipinski definition) is 2. The van der Waals surface area contributed by atoms with Crippen LogP contribution >= 0.6 is 0 Å². The van der Waals surface area contributed by atoms with Crippen LogP contribution in [0.3, 0.4) is 0 Å². The van der Waals surface area contributed by atoms with E-state index in [1.807, 2.05) is 26.8 Å². The van der Waals surface area contributed by atoms with Gasteiger partial charge in [0, 0.05) is 31.1 Å². The molecule has 0 aromatic heterocycles. The summed E-state index contributed by atoms with van der Waals surface area (Å²) < 4.78 is 13.7. The Labute approximate surface area is 155 Å². The van der Waals surface area contributed by atoms with Gasteiger partial charge in [-0.2, -0.15) is 0 Å². The number of carbonyl (C=O) groups is 2. The van der Waals surface area contributed by atoms with Crippen LogP contribution in [0, 0.1) is 11.7 Å². The molecule has 5 nitrogen and oxygen atoms in total. The first-order valence-electron chi connectivity index (χ1n) is 9.31. The van der Waals surface area contributed by atoms with Crippen LogP contribution in [0.1, 0.15) is 52.0 Å². The lowest BCUT2D eigenvalue weighted by Crippen LogP contribution is -2.48. The molecular formula is C20H30FN3O2. The van der Waals surface area contributed by atoms with Gasteiger partial charge in [0.25, 0.3) is 0 Å². The van der Waals surface area contributed by atoms with E-state index in [1.54, 1.807) is 11.0 Å². The fraction of sp³-hybridized carbons (Fsp3) is 0.600. The molecule has 1 aliphatic rings. The maximum atomic E-state index is 13.7. The average Bonchev–Trinajstić information content (AvgIpc) is 2.99. The molecule has 0 bridgehead atoms. The normalized spacial score (nSPS) is 20.1. The minimum Gasteiger partial charge on any atom is -0.356 e. The number of hydrogen-bond acceptors (Lipinski definition) is 2. The number of amides is 3. The summed E-state index contributed by atoms with van der Waals surface area (Å²) in [4.78, 5) is 26.9. The molecule has 3 amide bonds. The molecule has 6 heteroatoms. The molecule has 1 aliphatic heterocycles. The second-order valence-electron chi connectivity index (χ2n) is 8.00. The Bertz CT molecular complexity index is 642. The van der Waals surface area contributed by atoms with Crippen LogP contribution in [0.2, 0.25) is 0 Å². The molecule has 1 fully saturated rings. The molecule has 0 saturated carbocycles. The average molecular weight is 363 g/mol. The molecular weight excluding hydrogens is 333 g/mol. The second-order valence-corrected chi connectivity index (χ2v) is 8.00. The fourth-order valence-electron chi connectivity index (χ4n) is 3.23. The van der Waals surface area contributed by atoms with E-state index in [-0.39, 0.29) is 35.1 Å². The molecule has 1 saturated heterocycles. The van der Waals surface area contributed by atoms with Crippen molar-refractivity contribution in [1.29, 1.82) is 0 Å². The lowest BCUT2D eigenvalue weighted by atomic mass is 9.88. The van der Waals surface area contributed by atoms with E-state index in [4.69, 9.17) is 0 Å². The van der Waals surface area contributed by atoms with Gasteiger partial charge in [-0.05, 0) is 44.9 Å². The zero-order valence-corrected chi connectivity index (χ0v) is 16.1. The first kappa shape index (κ1) is 20.2. The van der Waals surface area contributed by atoms with Gasteiger partial charge in [0.2, 0.25) is 5.91 Å². The smallest absolute Gasteiger partial charge is 0.317 e. The summed E-state index contributed by atoms with van der Waals surface area (Å²) in [5, 5.41) is 5.89. The third kappa shape index (κ3) is 5.44. The number of halogens is 1. The summed E-state index contributed by atoms with van der Waals surface area (Å²) in [5.74, 6) is -0.985. The Morgan fingerprint density at radius 2 is 2.00 bits per heavy atom. The Morgan fingerprint density at radius 1 is 1.27 bits per heavy atom. The van der Waals surface area contributed by atoms with Crippen molar-refractivity contribution in [3.05, 3.63) is 35.6 Å². The number of rotatable bonds is 5. The van der Waals surface area contributed by atoms with Crippen molar-refractivity contribution in [3.63, 3.8) is 0 Å². The van der Waals surface area contributed by atoms with Crippen LogP contribution in [0.25, 0.3) is 0 Å². The van der Waals surface area contributed by atoms with Crippen LogP contribution < -0.4 is 10.6 Å². The molecule has 2 atom stereocenters. The van der Waals surface area contributed by atoms with Gasteiger partial charge in [0.15, 0.2) is 0 Å². The van der Waals surface area contributed by atoms with Crippen LogP contribution in [0.15, 0.2) is 24.3 Å². The van der Waals surface area contributed by atoms with Gasteiger partial charge in [-0.1, -0.05) is 25.5 Å². The van der Waals surface area contributed by atoms with E-state index in [1.165, 1.54) is 12.1 Å². The summed E-state index contributed by atoms with van der Waals surface area (Å²) in [5.41, 5.74) is 0.402. The van der Waals surface area contributed by atoms with Crippen LogP contribution in [0.4, 0.5) is 9.18 Å². The third-order valence-electron chi connectivity index (χ3n) is 4.53. The zero-order valence-electron chi connectivity index (χ0n) is 16.1. The number of likely N-dealkylation sites (tertiary alicyclic amines) is 1. The number of urea groups is 1. The Morgan fingerprint density at radius 3 is 2.62 bits per heavy atom. The van der Waals surface area contributed by atoms with Crippen molar-refractivity contribution in [2.75, 3.05) is 19.6 Å². The lowest BCUT2D eigenvalue weighted by molar-refractivity contribution is -0.124. The van der Waals surface area contributed by atoms with E-state index in [2.05, 4.69) is 17.6 Å². The summed E-state index contributed by atoms with van der Waals surface area (Å²) in [6.45, 7) is 9.17. The molecule has 144 valence electrons. The summed E-state index contributed by atoms with van der Waals surface area (Å²) in [7, 11) is 0. The quantitative estimate of drug-likeness (QED) is 0.789. The van der Waals surface area contributed by atoms with Gasteiger partial charge < -0.3 is 15.5 Å². The third-order valence-corrected chi connectivity index (χ3v) is 4.53. The standard InChI is InChI=1S/C20H30FN3O2/c1-5-6-10-22-18(25)17-13-24(19(26)23-20(2,3)4)12-16(17)14-8-7-9-15(21)11-14/h7-9,11,16-17H,5-6,10,12-13H2,1-4H3,(H,22,25)(H,23,26)/t16-,17-/m0/s1. The number of nitrogens with one attached hydrogen (secondary N) is 2. The first-order valence-corrected chi connectivity index (χ1v) is 9.31. The number of benzene rings is 1. The van der Waals surface area contributed by atoms with Crippen LogP contribution in [-0.2, 0) is 4.79 Å². The van der Waals surface area contributed by atoms with E-state index in [0.29, 0.717) is 19.6 Å². The lowest BCUT2D eigenvalue weighted by Gasteiger charge is -2.25. The molecule has 0 aliphatic carbocycles. The highest BCUT2D eigenvalue weighted by molar-refractivity contribution is 5.83. The van der Waals surface area contributed by atoms with Crippen LogP contribution in [0.5, 0.6) is 0 Å². The largest absolute Gasteiger partial charge is 0.356 e. The molecule has 2 N–H and O–H groups in total. The highest BCUT2D eigenvalue weighted by Crippen LogP contribution is 2.33. The van der Waals surface area contributed by atoms with E-state index in [9.17, 15) is 14.0 Å². The topological polar surface area (TPSA) is 61.4 Å². The van der Waals surface area contributed by atoms with Gasteiger partial charge >= 0.3 is 6.03 Å². The Balaban J connectivity index is 2.18. The minimum atomic E-state index is -0.376. The van der Waals surface area contributed by atoms with Gasteiger partial charge in [-0.15, -0.1) is 0 Å². The monoisotopic (exact) mass is 363 g/mol. The summed E-state index contributed by atoms with van der Waals surface area (Å²) in [6, 6.07) is 6.13. The molecule has 0 radical (unpaired) electrons. The fourth-order valence-corrected chi connectivity index (χ4v) is 3.23. The molecule has 1 aromatic carbocycles. The van der Waals surface area contributed by atoms with Gasteiger partial charge in [-0.3, -0.25) is 4.79 Å². The van der Waals surface area contributed by atoms with Crippen molar-refractivity contribution in [2.24, 2.45) is 5.92 Å². The van der Waals surface area contributed by atoms with Crippen molar-refractivity contribution in [2.45, 2.75) is 52.0 Å². The molecule has 0 spiro atoms. The molecule has 1 aromatic rings. The molecule has 26 heavy (non-hydrogen) atoms. The van der Waals surface area contributed by atoms with Gasteiger partial charge in [0.05, 0.1) is 5.92 Å². The maximum Gasteiger partial charge on any atom is 0.317 e. The number of carbonyl (C=O) groups excluding carboxylic acids is 2. The highest BCUT2D eigenvalue weighted by atomic mass is 19.1. The Kier molecular flexibility index (Phi) is 6.62. The van der Waals surface area contributed by atoms with E-state index in [0.717, 1.165) is 18.4 Å². The van der Waals surface area contributed by atoms with Crippen LogP contribution in [-0.4, -0.2) is 42.0 Å². The van der Waals surface area contributed by atoms with Crippen molar-refractivity contribution in [1.82, 2.24) is 15.5 Å². The highest BCUT2D eigenvalue weighted by Gasteiger charge is 2.40. The summed E-state index contributed by atoms with van der Waals surface area (Å²) in [6.07, 6.45) is 1.91. The second kappa shape index (κ2) is 8.52. The minimum absolute atomic E-state index is 0.0706. The first-order chi connectivity index (χ1) is 12.2. The number of unbranched alkanes of at least 4 members (excludes halogenated alkanes) is 1. The molecule has 1 heterocycles.